The van der Waals surface area contributed by atoms with E-state index < -0.39 is 5.97 Å². The van der Waals surface area contributed by atoms with Gasteiger partial charge in [-0.3, -0.25) is 4.98 Å². The molecule has 0 unspecified atom stereocenters. The molecule has 0 saturated carbocycles. The highest BCUT2D eigenvalue weighted by Gasteiger charge is 2.15. The van der Waals surface area contributed by atoms with Crippen LogP contribution in [0.5, 0.6) is 0 Å². The molecule has 1 heterocycles. The number of benzene rings is 1. The third-order valence-corrected chi connectivity index (χ3v) is 3.62. The van der Waals surface area contributed by atoms with Crippen molar-refractivity contribution in [1.29, 1.82) is 0 Å². The van der Waals surface area contributed by atoms with Gasteiger partial charge < -0.3 is 4.74 Å². The summed E-state index contributed by atoms with van der Waals surface area (Å²) in [4.78, 5) is 15.8. The smallest absolute Gasteiger partial charge is 0.340 e. The molecule has 0 N–H and O–H groups in total. The molecule has 2 aromatic rings. The molecule has 0 aliphatic carbocycles. The summed E-state index contributed by atoms with van der Waals surface area (Å²) in [6.07, 6.45) is 1.45. The van der Waals surface area contributed by atoms with E-state index in [-0.39, 0.29) is 11.0 Å². The van der Waals surface area contributed by atoms with Gasteiger partial charge in [-0.15, -0.1) is 0 Å². The Hall–Kier alpha value is -1.87. The highest BCUT2D eigenvalue weighted by molar-refractivity contribution is 6.33. The first-order chi connectivity index (χ1) is 9.82. The van der Waals surface area contributed by atoms with Gasteiger partial charge in [0, 0.05) is 11.8 Å². The fourth-order valence-electron chi connectivity index (χ4n) is 1.99. The SMILES string of the molecule is COC(=O)c1cnc(-c2ccc(C(C)(C)C)cc2)cc1Cl. The van der Waals surface area contributed by atoms with Crippen LogP contribution in [0.2, 0.25) is 5.02 Å². The number of aromatic nitrogens is 1. The zero-order valence-electron chi connectivity index (χ0n) is 12.6. The molecule has 0 fully saturated rings. The van der Waals surface area contributed by atoms with E-state index in [1.54, 1.807) is 6.07 Å². The number of nitrogens with zero attached hydrogens (tertiary/aromatic N) is 1. The number of carbonyl (C=O) groups excluding carboxylic acids is 1. The van der Waals surface area contributed by atoms with Crippen LogP contribution in [0.25, 0.3) is 11.3 Å². The van der Waals surface area contributed by atoms with Gasteiger partial charge in [-0.05, 0) is 17.0 Å². The van der Waals surface area contributed by atoms with E-state index in [1.165, 1.54) is 18.9 Å². The number of pyridine rings is 1. The van der Waals surface area contributed by atoms with Crippen molar-refractivity contribution in [3.63, 3.8) is 0 Å². The first-order valence-corrected chi connectivity index (χ1v) is 7.05. The van der Waals surface area contributed by atoms with Crippen molar-refractivity contribution in [3.05, 3.63) is 52.7 Å². The lowest BCUT2D eigenvalue weighted by Crippen LogP contribution is -2.10. The molecule has 2 rings (SSSR count). The minimum Gasteiger partial charge on any atom is -0.465 e. The third kappa shape index (κ3) is 3.42. The fraction of sp³-hybridized carbons (Fsp3) is 0.294. The van der Waals surface area contributed by atoms with Gasteiger partial charge in [-0.25, -0.2) is 4.79 Å². The van der Waals surface area contributed by atoms with E-state index >= 15 is 0 Å². The lowest BCUT2D eigenvalue weighted by Gasteiger charge is -2.19. The Morgan fingerprint density at radius 1 is 1.19 bits per heavy atom. The fourth-order valence-corrected chi connectivity index (χ4v) is 2.22. The van der Waals surface area contributed by atoms with Crippen molar-refractivity contribution >= 4 is 17.6 Å². The van der Waals surface area contributed by atoms with Crippen molar-refractivity contribution in [1.82, 2.24) is 4.98 Å². The predicted octanol–water partition coefficient (Wildman–Crippen LogP) is 4.49. The first-order valence-electron chi connectivity index (χ1n) is 6.67. The van der Waals surface area contributed by atoms with Crippen LogP contribution in [0.4, 0.5) is 0 Å². The van der Waals surface area contributed by atoms with Crippen LogP contribution in [0, 0.1) is 0 Å². The van der Waals surface area contributed by atoms with Crippen molar-refractivity contribution in [3.8, 4) is 11.3 Å². The zero-order valence-corrected chi connectivity index (χ0v) is 13.4. The number of esters is 1. The largest absolute Gasteiger partial charge is 0.465 e. The topological polar surface area (TPSA) is 39.2 Å². The van der Waals surface area contributed by atoms with E-state index in [0.717, 1.165) is 11.3 Å². The maximum atomic E-state index is 11.5. The predicted molar refractivity (Wildman–Crippen MR) is 84.7 cm³/mol. The highest BCUT2D eigenvalue weighted by Crippen LogP contribution is 2.27. The molecule has 1 aromatic heterocycles. The van der Waals surface area contributed by atoms with Crippen LogP contribution in [0.15, 0.2) is 36.5 Å². The van der Waals surface area contributed by atoms with Gasteiger partial charge in [0.15, 0.2) is 0 Å². The van der Waals surface area contributed by atoms with Gasteiger partial charge in [-0.2, -0.15) is 0 Å². The van der Waals surface area contributed by atoms with Gasteiger partial charge in [0.25, 0.3) is 0 Å². The summed E-state index contributed by atoms with van der Waals surface area (Å²) in [7, 11) is 1.32. The van der Waals surface area contributed by atoms with Crippen LogP contribution in [0.3, 0.4) is 0 Å². The molecule has 4 heteroatoms. The molecule has 110 valence electrons. The second kappa shape index (κ2) is 5.86. The molecule has 0 spiro atoms. The second-order valence-corrected chi connectivity index (χ2v) is 6.28. The van der Waals surface area contributed by atoms with Crippen molar-refractivity contribution < 1.29 is 9.53 Å². The first kappa shape index (κ1) is 15.5. The molecule has 0 radical (unpaired) electrons. The summed E-state index contributed by atoms with van der Waals surface area (Å²) in [5, 5.41) is 0.340. The summed E-state index contributed by atoms with van der Waals surface area (Å²) in [6.45, 7) is 6.51. The molecule has 0 aliphatic rings. The van der Waals surface area contributed by atoms with E-state index in [0.29, 0.717) is 5.02 Å². The molecule has 0 bridgehead atoms. The molecular formula is C17H18ClNO2. The second-order valence-electron chi connectivity index (χ2n) is 5.87. The Kier molecular flexibility index (Phi) is 4.33. The lowest BCUT2D eigenvalue weighted by molar-refractivity contribution is 0.0600. The molecule has 21 heavy (non-hydrogen) atoms. The highest BCUT2D eigenvalue weighted by atomic mass is 35.5. The summed E-state index contributed by atoms with van der Waals surface area (Å²) in [5.74, 6) is -0.484. The van der Waals surface area contributed by atoms with Crippen LogP contribution < -0.4 is 0 Å². The minimum absolute atomic E-state index is 0.109. The zero-order chi connectivity index (χ0) is 15.6. The monoisotopic (exact) mass is 303 g/mol. The third-order valence-electron chi connectivity index (χ3n) is 3.31. The summed E-state index contributed by atoms with van der Waals surface area (Å²) < 4.78 is 4.65. The normalized spacial score (nSPS) is 11.3. The molecule has 0 amide bonds. The molecule has 0 atom stereocenters. The maximum Gasteiger partial charge on any atom is 0.340 e. The van der Waals surface area contributed by atoms with Crippen LogP contribution in [0.1, 0.15) is 36.7 Å². The van der Waals surface area contributed by atoms with E-state index in [9.17, 15) is 4.79 Å². The number of halogens is 1. The van der Waals surface area contributed by atoms with Gasteiger partial charge in [-0.1, -0.05) is 56.6 Å². The quantitative estimate of drug-likeness (QED) is 0.768. The number of hydrogen-bond acceptors (Lipinski definition) is 3. The van der Waals surface area contributed by atoms with Gasteiger partial charge >= 0.3 is 5.97 Å². The molecule has 0 aliphatic heterocycles. The van der Waals surface area contributed by atoms with Crippen molar-refractivity contribution in [2.45, 2.75) is 26.2 Å². The average Bonchev–Trinajstić information content (AvgIpc) is 2.45. The van der Waals surface area contributed by atoms with Crippen molar-refractivity contribution in [2.24, 2.45) is 0 Å². The van der Waals surface area contributed by atoms with Crippen LogP contribution in [-0.2, 0) is 10.2 Å². The summed E-state index contributed by atoms with van der Waals surface area (Å²) in [5.41, 5.74) is 3.32. The molecule has 3 nitrogen and oxygen atoms in total. The minimum atomic E-state index is -0.484. The average molecular weight is 304 g/mol. The Labute approximate surface area is 129 Å². The Balaban J connectivity index is 2.35. The van der Waals surface area contributed by atoms with Crippen LogP contribution in [-0.4, -0.2) is 18.1 Å². The summed E-state index contributed by atoms with van der Waals surface area (Å²) in [6, 6.07) is 9.87. The molecule has 0 saturated heterocycles. The number of carbonyl (C=O) groups is 1. The van der Waals surface area contributed by atoms with Crippen LogP contribution >= 0.6 is 11.6 Å². The Morgan fingerprint density at radius 2 is 1.81 bits per heavy atom. The van der Waals surface area contributed by atoms with E-state index in [4.69, 9.17) is 11.6 Å². The number of hydrogen-bond donors (Lipinski definition) is 0. The van der Waals surface area contributed by atoms with Crippen molar-refractivity contribution in [2.75, 3.05) is 7.11 Å². The standard InChI is InChI=1S/C17H18ClNO2/c1-17(2,3)12-7-5-11(6-8-12)15-9-14(18)13(10-19-15)16(20)21-4/h5-10H,1-4H3. The number of rotatable bonds is 2. The summed E-state index contributed by atoms with van der Waals surface area (Å²) >= 11 is 6.12. The lowest BCUT2D eigenvalue weighted by atomic mass is 9.86. The van der Waals surface area contributed by atoms with Gasteiger partial charge in [0.05, 0.1) is 23.4 Å². The van der Waals surface area contributed by atoms with Gasteiger partial charge in [0.1, 0.15) is 0 Å². The van der Waals surface area contributed by atoms with E-state index in [1.807, 2.05) is 12.1 Å². The number of methoxy groups -OCH3 is 1. The van der Waals surface area contributed by atoms with E-state index in [2.05, 4.69) is 42.6 Å². The Morgan fingerprint density at radius 3 is 2.29 bits per heavy atom. The van der Waals surface area contributed by atoms with Gasteiger partial charge in [0.2, 0.25) is 0 Å². The molecular weight excluding hydrogens is 286 g/mol. The Bertz CT molecular complexity index is 657. The number of ether oxygens (including phenoxy) is 1. The maximum absolute atomic E-state index is 11.5. The molecule has 1 aromatic carbocycles.